The normalized spacial score (nSPS) is 11.9. The van der Waals surface area contributed by atoms with Crippen molar-refractivity contribution in [3.05, 3.63) is 309 Å². The minimum atomic E-state index is -0.111. The number of hydrogen-bond acceptors (Lipinski definition) is 4. The molecule has 5 aromatic heterocycles. The van der Waals surface area contributed by atoms with Crippen molar-refractivity contribution in [3.63, 3.8) is 0 Å². The monoisotopic (exact) mass is 1180 g/mol. The van der Waals surface area contributed by atoms with Crippen LogP contribution in [0.5, 0.6) is 11.5 Å². The minimum Gasteiger partial charge on any atom is -0.454 e. The number of nitrogens with zero attached hydrogens (tertiary/aromatic N) is 6. The Hall–Kier alpha value is -11.9. The van der Waals surface area contributed by atoms with Gasteiger partial charge in [-0.1, -0.05) is 215 Å². The summed E-state index contributed by atoms with van der Waals surface area (Å²) in [6, 6.07) is 102. The summed E-state index contributed by atoms with van der Waals surface area (Å²) in [5.41, 5.74) is 24.4. The molecule has 12 aromatic carbocycles. The van der Waals surface area contributed by atoms with Gasteiger partial charge in [0.25, 0.3) is 6.33 Å². The van der Waals surface area contributed by atoms with E-state index in [1.165, 1.54) is 5.56 Å². The molecule has 0 atom stereocenters. The molecular formula is C84H60N6O2. The van der Waals surface area contributed by atoms with Gasteiger partial charge in [0.1, 0.15) is 17.2 Å². The van der Waals surface area contributed by atoms with Crippen LogP contribution in [0, 0.1) is 13.3 Å². The highest BCUT2D eigenvalue weighted by Gasteiger charge is 2.26. The zero-order valence-electron chi connectivity index (χ0n) is 51.2. The predicted molar refractivity (Wildman–Crippen MR) is 374 cm³/mol. The SMILES string of the molecule is Cc1cccc2c1nc1n(-c3cc(C(C)(C)C)ccn3)c3cc(Oc4cc(-n5[c-][n+](-c6c(-c7cc(-c8ccccc8)cc(-c8ccccc8)c7)cccc6-c6cc(-c7ccccc7)cc(-c7ccccc7)c6)c6ccccc65)cc5c4oc4ccccc45)ccc3n21. The molecule has 438 valence electrons. The van der Waals surface area contributed by atoms with Crippen LogP contribution in [-0.2, 0) is 5.41 Å². The fraction of sp³-hybridized carbons (Fsp3) is 0.0595. The summed E-state index contributed by atoms with van der Waals surface area (Å²) in [7, 11) is 0. The molecule has 0 bridgehead atoms. The first-order valence-corrected chi connectivity index (χ1v) is 31.3. The molecular weight excluding hydrogens is 1120 g/mol. The fourth-order valence-corrected chi connectivity index (χ4v) is 13.4. The molecule has 0 amide bonds. The Kier molecular flexibility index (Phi) is 12.8. The van der Waals surface area contributed by atoms with Crippen molar-refractivity contribution < 1.29 is 13.7 Å². The van der Waals surface area contributed by atoms with E-state index in [2.05, 4.69) is 319 Å². The fourth-order valence-electron chi connectivity index (χ4n) is 13.4. The standard InChI is InChI=1S/C84H60N6O2/c1-54-23-21-37-75-80(54)86-83-89(75)74-40-39-67(52-76(74)90(83)79-49-65(41-42-85-79)84(2,3)4)91-78-51-66(50-71-70-32-17-20-38-77(70)92-82(71)78)87-53-88(73-36-19-18-35-72(73)87)81-68(63-45-59(55-24-9-5-10-25-55)43-60(46-63)56-26-11-6-12-27-56)33-22-34-69(81)64-47-61(57-28-13-7-14-29-57)44-62(48-64)58-30-15-8-16-31-58/h5-52H,1-4H3. The molecule has 0 aliphatic rings. The number of aromatic nitrogens is 6. The van der Waals surface area contributed by atoms with Crippen LogP contribution in [0.1, 0.15) is 31.9 Å². The predicted octanol–water partition coefficient (Wildman–Crippen LogP) is 21.1. The van der Waals surface area contributed by atoms with Gasteiger partial charge in [-0.15, -0.1) is 0 Å². The third-order valence-corrected chi connectivity index (χ3v) is 18.0. The number of fused-ring (bicyclic) bond motifs is 9. The van der Waals surface area contributed by atoms with Crippen LogP contribution in [0.25, 0.3) is 145 Å². The highest BCUT2D eigenvalue weighted by Crippen LogP contribution is 2.44. The molecule has 0 saturated carbocycles. The Balaban J connectivity index is 0.896. The first-order valence-electron chi connectivity index (χ1n) is 31.3. The Labute approximate surface area is 532 Å². The van der Waals surface area contributed by atoms with Crippen LogP contribution in [0.2, 0.25) is 0 Å². The third-order valence-electron chi connectivity index (χ3n) is 18.0. The molecule has 0 spiro atoms. The molecule has 0 aliphatic heterocycles. The number of ether oxygens (including phenoxy) is 1. The second-order valence-corrected chi connectivity index (χ2v) is 24.9. The molecule has 0 N–H and O–H groups in total. The van der Waals surface area contributed by atoms with Gasteiger partial charge >= 0.3 is 0 Å². The number of para-hydroxylation sites is 5. The lowest BCUT2D eigenvalue weighted by Gasteiger charge is -2.20. The summed E-state index contributed by atoms with van der Waals surface area (Å²) in [6.07, 6.45) is 5.95. The lowest BCUT2D eigenvalue weighted by molar-refractivity contribution is -0.571. The zero-order valence-corrected chi connectivity index (χ0v) is 51.2. The number of hydrogen-bond donors (Lipinski definition) is 0. The molecule has 5 heterocycles. The van der Waals surface area contributed by atoms with E-state index < -0.39 is 0 Å². The third kappa shape index (κ3) is 9.34. The first-order chi connectivity index (χ1) is 45.1. The van der Waals surface area contributed by atoms with Crippen LogP contribution in [-0.4, -0.2) is 23.5 Å². The highest BCUT2D eigenvalue weighted by atomic mass is 16.5. The first kappa shape index (κ1) is 54.3. The maximum absolute atomic E-state index is 7.30. The second-order valence-electron chi connectivity index (χ2n) is 24.9. The van der Waals surface area contributed by atoms with Gasteiger partial charge in [-0.3, -0.25) is 18.1 Å². The second kappa shape index (κ2) is 21.7. The van der Waals surface area contributed by atoms with E-state index in [4.69, 9.17) is 19.1 Å². The molecule has 0 unspecified atom stereocenters. The van der Waals surface area contributed by atoms with Crippen LogP contribution in [0.4, 0.5) is 0 Å². The van der Waals surface area contributed by atoms with E-state index >= 15 is 0 Å². The van der Waals surface area contributed by atoms with Gasteiger partial charge in [0.15, 0.2) is 11.3 Å². The van der Waals surface area contributed by atoms with Gasteiger partial charge in [0, 0.05) is 23.0 Å². The summed E-state index contributed by atoms with van der Waals surface area (Å²) in [5.74, 6) is 2.73. The van der Waals surface area contributed by atoms with Gasteiger partial charge in [0.2, 0.25) is 5.78 Å². The number of aryl methyl sites for hydroxylation is 1. The number of rotatable bonds is 11. The number of pyridine rings is 1. The summed E-state index contributed by atoms with van der Waals surface area (Å²) < 4.78 is 23.0. The topological polar surface area (TPSA) is 66.3 Å². The van der Waals surface area contributed by atoms with E-state index in [1.807, 2.05) is 24.4 Å². The highest BCUT2D eigenvalue weighted by molar-refractivity contribution is 6.08. The van der Waals surface area contributed by atoms with E-state index in [1.54, 1.807) is 0 Å². The zero-order chi connectivity index (χ0) is 61.6. The van der Waals surface area contributed by atoms with Crippen molar-refractivity contribution in [2.75, 3.05) is 0 Å². The molecule has 8 heteroatoms. The maximum atomic E-state index is 7.30. The van der Waals surface area contributed by atoms with Crippen molar-refractivity contribution in [2.24, 2.45) is 0 Å². The van der Waals surface area contributed by atoms with Crippen molar-refractivity contribution >= 4 is 60.8 Å². The van der Waals surface area contributed by atoms with Crippen molar-refractivity contribution in [1.82, 2.24) is 23.5 Å². The number of furan rings is 1. The molecule has 17 aromatic rings. The van der Waals surface area contributed by atoms with E-state index in [-0.39, 0.29) is 5.41 Å². The van der Waals surface area contributed by atoms with Gasteiger partial charge in [-0.05, 0) is 175 Å². The minimum absolute atomic E-state index is 0.111. The largest absolute Gasteiger partial charge is 0.454 e. The van der Waals surface area contributed by atoms with Crippen molar-refractivity contribution in [3.8, 4) is 95.5 Å². The summed E-state index contributed by atoms with van der Waals surface area (Å²) in [4.78, 5) is 10.3. The Morgan fingerprint density at radius 1 is 0.457 bits per heavy atom. The van der Waals surface area contributed by atoms with Crippen LogP contribution in [0.3, 0.4) is 0 Å². The molecule has 0 fully saturated rings. The van der Waals surface area contributed by atoms with Gasteiger partial charge in [-0.2, -0.15) is 0 Å². The van der Waals surface area contributed by atoms with Crippen LogP contribution < -0.4 is 9.30 Å². The van der Waals surface area contributed by atoms with Crippen LogP contribution >= 0.6 is 0 Å². The van der Waals surface area contributed by atoms with Gasteiger partial charge < -0.3 is 9.15 Å². The van der Waals surface area contributed by atoms with Crippen molar-refractivity contribution in [2.45, 2.75) is 33.1 Å². The molecule has 17 rings (SSSR count). The quantitative estimate of drug-likeness (QED) is 0.0956. The Bertz CT molecular complexity index is 5450. The number of imidazole rings is 3. The Morgan fingerprint density at radius 2 is 1.01 bits per heavy atom. The van der Waals surface area contributed by atoms with Crippen molar-refractivity contribution in [1.29, 1.82) is 0 Å². The van der Waals surface area contributed by atoms with E-state index in [0.717, 1.165) is 145 Å². The number of benzene rings is 12. The molecule has 0 saturated heterocycles. The van der Waals surface area contributed by atoms with Gasteiger partial charge in [0.05, 0.1) is 44.5 Å². The van der Waals surface area contributed by atoms with E-state index in [0.29, 0.717) is 17.1 Å². The summed E-state index contributed by atoms with van der Waals surface area (Å²) in [6.45, 7) is 8.80. The lowest BCUT2D eigenvalue weighted by atomic mass is 9.88. The summed E-state index contributed by atoms with van der Waals surface area (Å²) in [5, 5.41) is 1.89. The average molecular weight is 1190 g/mol. The van der Waals surface area contributed by atoms with Crippen LogP contribution in [0.15, 0.2) is 296 Å². The maximum Gasteiger partial charge on any atom is 0.269 e. The molecule has 0 radical (unpaired) electrons. The van der Waals surface area contributed by atoms with Gasteiger partial charge in [-0.25, -0.2) is 9.97 Å². The molecule has 8 nitrogen and oxygen atoms in total. The molecule has 92 heavy (non-hydrogen) atoms. The Morgan fingerprint density at radius 3 is 1.63 bits per heavy atom. The molecule has 0 aliphatic carbocycles. The lowest BCUT2D eigenvalue weighted by Crippen LogP contribution is -2.31. The average Bonchev–Trinajstić information content (AvgIpc) is 1.55. The van der Waals surface area contributed by atoms with E-state index in [9.17, 15) is 0 Å². The summed E-state index contributed by atoms with van der Waals surface area (Å²) >= 11 is 0. The smallest absolute Gasteiger partial charge is 0.269 e.